The lowest BCUT2D eigenvalue weighted by Crippen LogP contribution is -2.40. The number of aromatic nitrogens is 1. The topological polar surface area (TPSA) is 79.1 Å². The summed E-state index contributed by atoms with van der Waals surface area (Å²) < 4.78 is 34.0. The molecule has 0 N–H and O–H groups in total. The van der Waals surface area contributed by atoms with Crippen LogP contribution in [0.1, 0.15) is 35.2 Å². The van der Waals surface area contributed by atoms with Crippen LogP contribution < -0.4 is 24.4 Å². The lowest BCUT2D eigenvalue weighted by Gasteiger charge is -2.25. The van der Waals surface area contributed by atoms with Crippen molar-refractivity contribution in [1.29, 1.82) is 0 Å². The van der Waals surface area contributed by atoms with Crippen molar-refractivity contribution in [2.24, 2.45) is 4.99 Å². The highest BCUT2D eigenvalue weighted by molar-refractivity contribution is 14.1. The van der Waals surface area contributed by atoms with Crippen molar-refractivity contribution in [1.82, 2.24) is 4.57 Å². The number of hydrogen-bond acceptors (Lipinski definition) is 7. The number of benzene rings is 4. The van der Waals surface area contributed by atoms with Gasteiger partial charge in [0.15, 0.2) is 16.3 Å². The van der Waals surface area contributed by atoms with Gasteiger partial charge in [0.1, 0.15) is 12.4 Å². The lowest BCUT2D eigenvalue weighted by atomic mass is 9.93. The molecule has 2 heterocycles. The van der Waals surface area contributed by atoms with Crippen LogP contribution in [-0.2, 0) is 16.1 Å². The molecule has 0 saturated carbocycles. The number of carbonyl (C=O) groups excluding carboxylic acids is 1. The van der Waals surface area contributed by atoms with Gasteiger partial charge in [-0.2, -0.15) is 0 Å². The monoisotopic (exact) mass is 780 g/mol. The molecule has 1 aromatic heterocycles. The Bertz CT molecular complexity index is 2160. The van der Waals surface area contributed by atoms with Gasteiger partial charge in [-0.1, -0.05) is 77.5 Å². The number of carbonyl (C=O) groups is 1. The third-order valence-corrected chi connectivity index (χ3v) is 9.44. The van der Waals surface area contributed by atoms with Crippen molar-refractivity contribution in [2.75, 3.05) is 13.7 Å². The number of hydrogen-bond donors (Lipinski definition) is 0. The van der Waals surface area contributed by atoms with Crippen molar-refractivity contribution < 1.29 is 23.4 Å². The van der Waals surface area contributed by atoms with E-state index in [1.165, 1.54) is 28.0 Å². The molecule has 0 bridgehead atoms. The smallest absolute Gasteiger partial charge is 0.338 e. The first-order valence-corrected chi connectivity index (χ1v) is 16.8. The van der Waals surface area contributed by atoms with Gasteiger partial charge in [-0.05, 0) is 88.7 Å². The number of thiazole rings is 1. The normalized spacial score (nSPS) is 14.4. The average Bonchev–Trinajstić information content (AvgIpc) is 3.38. The molecule has 6 rings (SSSR count). The minimum Gasteiger partial charge on any atom is -0.493 e. The van der Waals surface area contributed by atoms with Gasteiger partial charge < -0.3 is 14.2 Å². The second-order valence-corrected chi connectivity index (χ2v) is 13.0. The number of ether oxygens (including phenoxy) is 3. The molecule has 238 valence electrons. The van der Waals surface area contributed by atoms with E-state index in [9.17, 15) is 14.0 Å². The number of fused-ring (bicyclic) bond motifs is 1. The number of rotatable bonds is 9. The standard InChI is InChI=1S/C36H27ClFIN2O5S/c1-3-45-35(43)30-31(23-7-5-4-6-8-23)40-36-41(32(30)24-11-15-26(38)16-12-24)34(42)29(47-36)19-22-17-27(39)33(28(18-22)44-2)46-20-21-9-13-25(37)14-10-21/h4-19,32H,3,20H2,1-2H3/b29-19-/t32-/m1/s1. The summed E-state index contributed by atoms with van der Waals surface area (Å²) in [4.78, 5) is 33.0. The molecular weight excluding hydrogens is 754 g/mol. The Kier molecular flexibility index (Phi) is 9.90. The van der Waals surface area contributed by atoms with E-state index < -0.39 is 17.8 Å². The number of methoxy groups -OCH3 is 1. The van der Waals surface area contributed by atoms with E-state index in [4.69, 9.17) is 30.8 Å². The zero-order valence-electron chi connectivity index (χ0n) is 25.2. The van der Waals surface area contributed by atoms with Crippen molar-refractivity contribution in [2.45, 2.75) is 19.6 Å². The predicted octanol–water partition coefficient (Wildman–Crippen LogP) is 6.92. The molecule has 0 unspecified atom stereocenters. The summed E-state index contributed by atoms with van der Waals surface area (Å²) in [5, 5.41) is 0.646. The Hall–Kier alpha value is -4.26. The van der Waals surface area contributed by atoms with Crippen LogP contribution in [0.15, 0.2) is 106 Å². The predicted molar refractivity (Wildman–Crippen MR) is 189 cm³/mol. The first-order valence-electron chi connectivity index (χ1n) is 14.6. The van der Waals surface area contributed by atoms with Crippen molar-refractivity contribution in [3.05, 3.63) is 153 Å². The van der Waals surface area contributed by atoms with Crippen LogP contribution in [0.5, 0.6) is 11.5 Å². The minimum atomic E-state index is -0.901. The van der Waals surface area contributed by atoms with Gasteiger partial charge in [0.25, 0.3) is 5.56 Å². The molecular formula is C36H27ClFIN2O5S. The van der Waals surface area contributed by atoms with Gasteiger partial charge in [0.2, 0.25) is 0 Å². The Balaban J connectivity index is 1.48. The first-order chi connectivity index (χ1) is 22.8. The van der Waals surface area contributed by atoms with Gasteiger partial charge >= 0.3 is 5.97 Å². The molecule has 5 aromatic rings. The second-order valence-electron chi connectivity index (χ2n) is 10.4. The molecule has 1 atom stereocenters. The molecule has 0 amide bonds. The SMILES string of the molecule is CCOC(=O)C1=C(c2ccccc2)N=c2s/c(=C\c3cc(I)c(OCc4ccc(Cl)cc4)c(OC)c3)c(=O)n2[C@@H]1c1ccc(F)cc1. The van der Waals surface area contributed by atoms with E-state index in [1.807, 2.05) is 48.5 Å². The highest BCUT2D eigenvalue weighted by atomic mass is 127. The quantitative estimate of drug-likeness (QED) is 0.120. The van der Waals surface area contributed by atoms with Gasteiger partial charge in [-0.15, -0.1) is 0 Å². The summed E-state index contributed by atoms with van der Waals surface area (Å²) in [6.07, 6.45) is 1.76. The maximum absolute atomic E-state index is 14.2. The van der Waals surface area contributed by atoms with E-state index >= 15 is 0 Å². The van der Waals surface area contributed by atoms with Crippen LogP contribution in [0.25, 0.3) is 11.8 Å². The first kappa shape index (κ1) is 32.7. The van der Waals surface area contributed by atoms with Crippen LogP contribution in [0.4, 0.5) is 4.39 Å². The van der Waals surface area contributed by atoms with Gasteiger partial charge in [0, 0.05) is 10.6 Å². The van der Waals surface area contributed by atoms with Gasteiger partial charge in [-0.25, -0.2) is 14.2 Å². The van der Waals surface area contributed by atoms with Crippen LogP contribution in [0, 0.1) is 9.39 Å². The van der Waals surface area contributed by atoms with E-state index in [-0.39, 0.29) is 17.7 Å². The molecule has 7 nitrogen and oxygen atoms in total. The molecule has 0 aliphatic carbocycles. The fourth-order valence-electron chi connectivity index (χ4n) is 5.25. The summed E-state index contributed by atoms with van der Waals surface area (Å²) in [6, 6.07) is 25.2. The summed E-state index contributed by atoms with van der Waals surface area (Å²) >= 11 is 9.39. The molecule has 4 aromatic carbocycles. The van der Waals surface area contributed by atoms with Crippen LogP contribution in [-0.4, -0.2) is 24.3 Å². The van der Waals surface area contributed by atoms with E-state index in [0.717, 1.165) is 9.13 Å². The van der Waals surface area contributed by atoms with Crippen LogP contribution in [0.3, 0.4) is 0 Å². The van der Waals surface area contributed by atoms with Crippen molar-refractivity contribution >= 4 is 63.3 Å². The molecule has 11 heteroatoms. The number of halogens is 3. The lowest BCUT2D eigenvalue weighted by molar-refractivity contribution is -0.138. The molecule has 0 radical (unpaired) electrons. The van der Waals surface area contributed by atoms with Gasteiger partial charge in [0.05, 0.1) is 39.1 Å². The Labute approximate surface area is 292 Å². The number of nitrogens with zero attached hydrogens (tertiary/aromatic N) is 2. The summed E-state index contributed by atoms with van der Waals surface area (Å²) in [5.41, 5.74) is 3.13. The summed E-state index contributed by atoms with van der Waals surface area (Å²) in [7, 11) is 1.56. The van der Waals surface area contributed by atoms with Crippen LogP contribution in [0.2, 0.25) is 5.02 Å². The molecule has 0 saturated heterocycles. The molecule has 0 spiro atoms. The maximum atomic E-state index is 14.2. The number of esters is 1. The summed E-state index contributed by atoms with van der Waals surface area (Å²) in [6.45, 7) is 2.16. The molecule has 1 aliphatic heterocycles. The largest absolute Gasteiger partial charge is 0.493 e. The van der Waals surface area contributed by atoms with E-state index in [1.54, 1.807) is 50.4 Å². The fraction of sp³-hybridized carbons (Fsp3) is 0.139. The van der Waals surface area contributed by atoms with Crippen LogP contribution >= 0.6 is 45.5 Å². The summed E-state index contributed by atoms with van der Waals surface area (Å²) in [5.74, 6) is 0.0389. The van der Waals surface area contributed by atoms with E-state index in [2.05, 4.69) is 22.6 Å². The highest BCUT2D eigenvalue weighted by Gasteiger charge is 2.35. The van der Waals surface area contributed by atoms with Crippen molar-refractivity contribution in [3.63, 3.8) is 0 Å². The fourth-order valence-corrected chi connectivity index (χ4v) is 7.16. The molecule has 1 aliphatic rings. The minimum absolute atomic E-state index is 0.130. The average molecular weight is 781 g/mol. The van der Waals surface area contributed by atoms with E-state index in [0.29, 0.717) is 54.8 Å². The Morgan fingerprint density at radius 3 is 2.47 bits per heavy atom. The van der Waals surface area contributed by atoms with Crippen molar-refractivity contribution in [3.8, 4) is 11.5 Å². The zero-order valence-corrected chi connectivity index (χ0v) is 28.9. The van der Waals surface area contributed by atoms with Gasteiger partial charge in [-0.3, -0.25) is 9.36 Å². The third kappa shape index (κ3) is 6.90. The Morgan fingerprint density at radius 1 is 1.06 bits per heavy atom. The molecule has 0 fully saturated rings. The maximum Gasteiger partial charge on any atom is 0.338 e. The highest BCUT2D eigenvalue weighted by Crippen LogP contribution is 2.36. The Morgan fingerprint density at radius 2 is 1.79 bits per heavy atom. The third-order valence-electron chi connectivity index (χ3n) is 7.41. The zero-order chi connectivity index (χ0) is 33.1. The second kappa shape index (κ2) is 14.2. The molecule has 47 heavy (non-hydrogen) atoms.